The largest absolute Gasteiger partial charge is 0.246 e. The summed E-state index contributed by atoms with van der Waals surface area (Å²) in [6, 6.07) is 0. The number of hydrogen-bond donors (Lipinski definition) is 0. The summed E-state index contributed by atoms with van der Waals surface area (Å²) in [6.45, 7) is 3.72. The minimum absolute atomic E-state index is 0.0359. The smallest absolute Gasteiger partial charge is 0.153 e. The molecule has 1 aliphatic rings. The summed E-state index contributed by atoms with van der Waals surface area (Å²) in [5, 5.41) is 0. The van der Waals surface area contributed by atoms with Gasteiger partial charge in [-0.05, 0) is 12.8 Å². The molecule has 0 radical (unpaired) electrons. The average Bonchev–Trinajstić information content (AvgIpc) is 2.21. The lowest BCUT2D eigenvalue weighted by Crippen LogP contribution is -2.29. The molecule has 1 aliphatic heterocycles. The third-order valence-corrected chi connectivity index (χ3v) is 4.80. The lowest BCUT2D eigenvalue weighted by atomic mass is 9.81. The highest BCUT2D eigenvalue weighted by molar-refractivity contribution is 7.91. The van der Waals surface area contributed by atoms with Crippen molar-refractivity contribution in [2.24, 2.45) is 5.41 Å². The van der Waals surface area contributed by atoms with Crippen LogP contribution >= 0.6 is 0 Å². The fraction of sp³-hybridized carbons (Fsp3) is 1.00. The molecule has 1 rings (SSSR count). The van der Waals surface area contributed by atoms with Crippen LogP contribution in [0.25, 0.3) is 0 Å². The van der Waals surface area contributed by atoms with E-state index >= 15 is 0 Å². The van der Waals surface area contributed by atoms with Crippen molar-refractivity contribution in [3.05, 3.63) is 0 Å². The second kappa shape index (κ2) is 2.98. The molecule has 0 spiro atoms. The van der Waals surface area contributed by atoms with Crippen LogP contribution in [0.5, 0.6) is 0 Å². The first-order valence-electron chi connectivity index (χ1n) is 4.30. The van der Waals surface area contributed by atoms with Crippen molar-refractivity contribution in [3.63, 3.8) is 0 Å². The lowest BCUT2D eigenvalue weighted by molar-refractivity contribution is 0.149. The van der Waals surface area contributed by atoms with Crippen molar-refractivity contribution < 1.29 is 12.8 Å². The molecule has 0 aromatic rings. The first kappa shape index (κ1) is 9.96. The number of sulfone groups is 1. The van der Waals surface area contributed by atoms with E-state index in [1.165, 1.54) is 0 Å². The van der Waals surface area contributed by atoms with Gasteiger partial charge in [0.2, 0.25) is 0 Å². The van der Waals surface area contributed by atoms with Crippen LogP contribution in [-0.2, 0) is 9.84 Å². The molecule has 0 aromatic carbocycles. The molecule has 0 aromatic heterocycles. The molecule has 0 saturated carbocycles. The Bertz CT molecular complexity index is 254. The summed E-state index contributed by atoms with van der Waals surface area (Å²) in [7, 11) is -3.10. The maximum absolute atomic E-state index is 13.4. The first-order chi connectivity index (χ1) is 5.46. The van der Waals surface area contributed by atoms with Crippen molar-refractivity contribution in [2.75, 3.05) is 11.5 Å². The predicted octanol–water partition coefficient (Wildman–Crippen LogP) is 1.56. The van der Waals surface area contributed by atoms with E-state index in [1.54, 1.807) is 0 Å². The molecular formula is C8H15FO2S. The van der Waals surface area contributed by atoms with Gasteiger partial charge in [0.1, 0.15) is 6.17 Å². The van der Waals surface area contributed by atoms with Crippen LogP contribution < -0.4 is 0 Å². The average molecular weight is 194 g/mol. The normalized spacial score (nSPS) is 32.1. The van der Waals surface area contributed by atoms with Crippen LogP contribution in [0.3, 0.4) is 0 Å². The third-order valence-electron chi connectivity index (χ3n) is 2.98. The Morgan fingerprint density at radius 2 is 1.92 bits per heavy atom. The molecule has 0 N–H and O–H groups in total. The zero-order chi connectivity index (χ0) is 9.41. The minimum atomic E-state index is -3.10. The molecular weight excluding hydrogens is 179 g/mol. The summed E-state index contributed by atoms with van der Waals surface area (Å²) < 4.78 is 35.6. The molecule has 1 atom stereocenters. The predicted molar refractivity (Wildman–Crippen MR) is 46.6 cm³/mol. The van der Waals surface area contributed by atoms with E-state index in [4.69, 9.17) is 0 Å². The highest BCUT2D eigenvalue weighted by Gasteiger charge is 2.48. The van der Waals surface area contributed by atoms with Gasteiger partial charge in [-0.25, -0.2) is 12.8 Å². The van der Waals surface area contributed by atoms with Gasteiger partial charge in [0.05, 0.1) is 11.5 Å². The van der Waals surface area contributed by atoms with Crippen molar-refractivity contribution in [2.45, 2.75) is 32.9 Å². The van der Waals surface area contributed by atoms with Crippen LogP contribution in [0.2, 0.25) is 0 Å². The Hall–Kier alpha value is -0.120. The van der Waals surface area contributed by atoms with Crippen LogP contribution in [0.1, 0.15) is 26.7 Å². The molecule has 1 heterocycles. The molecule has 0 bridgehead atoms. The Morgan fingerprint density at radius 3 is 2.08 bits per heavy atom. The highest BCUT2D eigenvalue weighted by atomic mass is 32.2. The second-order valence-corrected chi connectivity index (χ2v) is 5.70. The number of hydrogen-bond acceptors (Lipinski definition) is 2. The Morgan fingerprint density at radius 1 is 1.42 bits per heavy atom. The second-order valence-electron chi connectivity index (χ2n) is 3.59. The molecule has 0 aliphatic carbocycles. The van der Waals surface area contributed by atoms with Gasteiger partial charge in [-0.2, -0.15) is 0 Å². The summed E-state index contributed by atoms with van der Waals surface area (Å²) in [4.78, 5) is 0. The van der Waals surface area contributed by atoms with Gasteiger partial charge in [-0.1, -0.05) is 13.8 Å². The lowest BCUT2D eigenvalue weighted by Gasteiger charge is -2.26. The highest BCUT2D eigenvalue weighted by Crippen LogP contribution is 2.40. The molecule has 4 heteroatoms. The zero-order valence-corrected chi connectivity index (χ0v) is 8.32. The van der Waals surface area contributed by atoms with E-state index in [9.17, 15) is 12.8 Å². The molecule has 2 nitrogen and oxygen atoms in total. The molecule has 1 saturated heterocycles. The van der Waals surface area contributed by atoms with Gasteiger partial charge in [0.25, 0.3) is 0 Å². The van der Waals surface area contributed by atoms with Gasteiger partial charge < -0.3 is 0 Å². The molecule has 72 valence electrons. The van der Waals surface area contributed by atoms with Crippen molar-refractivity contribution in [3.8, 4) is 0 Å². The fourth-order valence-corrected chi connectivity index (χ4v) is 4.27. The molecule has 12 heavy (non-hydrogen) atoms. The van der Waals surface area contributed by atoms with Crippen molar-refractivity contribution >= 4 is 9.84 Å². The molecule has 1 fully saturated rings. The van der Waals surface area contributed by atoms with E-state index in [-0.39, 0.29) is 11.5 Å². The van der Waals surface area contributed by atoms with Crippen molar-refractivity contribution in [1.29, 1.82) is 0 Å². The Kier molecular flexibility index (Phi) is 2.47. The van der Waals surface area contributed by atoms with Gasteiger partial charge in [0, 0.05) is 5.41 Å². The summed E-state index contributed by atoms with van der Waals surface area (Å²) >= 11 is 0. The van der Waals surface area contributed by atoms with E-state index in [1.807, 2.05) is 13.8 Å². The standard InChI is InChI=1S/C8H15FO2S/c1-3-8(4-2)6-12(10,11)5-7(8)9/h7H,3-6H2,1-2H3. The SMILES string of the molecule is CCC1(CC)CS(=O)(=O)CC1F. The Labute approximate surface area is 73.1 Å². The summed E-state index contributed by atoms with van der Waals surface area (Å²) in [5.74, 6) is -0.233. The number of rotatable bonds is 2. The Balaban J connectivity index is 2.94. The third kappa shape index (κ3) is 1.49. The van der Waals surface area contributed by atoms with Crippen LogP contribution in [-0.4, -0.2) is 26.1 Å². The van der Waals surface area contributed by atoms with E-state index < -0.39 is 21.4 Å². The van der Waals surface area contributed by atoms with Crippen LogP contribution in [0.15, 0.2) is 0 Å². The van der Waals surface area contributed by atoms with Gasteiger partial charge in [-0.15, -0.1) is 0 Å². The first-order valence-corrected chi connectivity index (χ1v) is 6.12. The van der Waals surface area contributed by atoms with E-state index in [0.29, 0.717) is 12.8 Å². The number of alkyl halides is 1. The van der Waals surface area contributed by atoms with Crippen LogP contribution in [0.4, 0.5) is 4.39 Å². The zero-order valence-electron chi connectivity index (χ0n) is 7.51. The van der Waals surface area contributed by atoms with Crippen molar-refractivity contribution in [1.82, 2.24) is 0 Å². The maximum Gasteiger partial charge on any atom is 0.153 e. The molecule has 0 amide bonds. The quantitative estimate of drug-likeness (QED) is 0.668. The van der Waals surface area contributed by atoms with Crippen LogP contribution in [0, 0.1) is 5.41 Å². The summed E-state index contributed by atoms with van der Waals surface area (Å²) in [5.41, 5.74) is -0.584. The van der Waals surface area contributed by atoms with E-state index in [0.717, 1.165) is 0 Å². The summed E-state index contributed by atoms with van der Waals surface area (Å²) in [6.07, 6.45) is 0.0749. The monoisotopic (exact) mass is 194 g/mol. The van der Waals surface area contributed by atoms with Gasteiger partial charge in [-0.3, -0.25) is 0 Å². The van der Waals surface area contributed by atoms with Gasteiger partial charge in [0.15, 0.2) is 9.84 Å². The number of halogens is 1. The van der Waals surface area contributed by atoms with Gasteiger partial charge >= 0.3 is 0 Å². The van der Waals surface area contributed by atoms with E-state index in [2.05, 4.69) is 0 Å². The topological polar surface area (TPSA) is 34.1 Å². The fourth-order valence-electron chi connectivity index (χ4n) is 1.88. The minimum Gasteiger partial charge on any atom is -0.246 e. The molecule has 1 unspecified atom stereocenters. The maximum atomic E-state index is 13.4.